The summed E-state index contributed by atoms with van der Waals surface area (Å²) in [4.78, 5) is 5.75. The molecule has 0 aliphatic rings. The maximum absolute atomic E-state index is 2.38. The van der Waals surface area contributed by atoms with Gasteiger partial charge >= 0.3 is 0 Å². The summed E-state index contributed by atoms with van der Waals surface area (Å²) >= 11 is 11.3. The Morgan fingerprint density at radius 2 is 1.37 bits per heavy atom. The van der Waals surface area contributed by atoms with Gasteiger partial charge in [-0.2, -0.15) is 0 Å². The highest BCUT2D eigenvalue weighted by molar-refractivity contribution is 8.04. The Kier molecular flexibility index (Phi) is 6.24. The summed E-state index contributed by atoms with van der Waals surface area (Å²) in [6, 6.07) is 2.38. The van der Waals surface area contributed by atoms with Gasteiger partial charge < -0.3 is 0 Å². The molecule has 0 spiro atoms. The summed E-state index contributed by atoms with van der Waals surface area (Å²) in [6.07, 6.45) is 10.9. The molecule has 2 aromatic rings. The van der Waals surface area contributed by atoms with Crippen molar-refractivity contribution >= 4 is 80.2 Å². The molecule has 0 saturated carbocycles. The van der Waals surface area contributed by atoms with E-state index in [0.717, 1.165) is 0 Å². The molecule has 0 amide bonds. The van der Waals surface area contributed by atoms with Crippen LogP contribution in [0, 0.1) is 0 Å². The first kappa shape index (κ1) is 16.3. The summed E-state index contributed by atoms with van der Waals surface area (Å²) in [6.45, 7) is 0. The molecular weight excluding hydrogens is 349 g/mol. The molecule has 0 aliphatic heterocycles. The van der Waals surface area contributed by atoms with Crippen LogP contribution in [0.15, 0.2) is 29.9 Å². The number of rotatable bonds is 5. The Balaban J connectivity index is 2.86. The predicted octanol–water partition coefficient (Wildman–Crippen LogP) is 6.51. The maximum Gasteiger partial charge on any atom is 0.0745 e. The second-order valence-corrected chi connectivity index (χ2v) is 9.04. The lowest BCUT2D eigenvalue weighted by Gasteiger charge is -2.11. The number of hydrogen-bond acceptors (Lipinski definition) is 6. The summed E-state index contributed by atoms with van der Waals surface area (Å²) in [5.41, 5.74) is 0. The fourth-order valence-corrected chi connectivity index (χ4v) is 8.36. The zero-order valence-corrected chi connectivity index (χ0v) is 16.4. The molecule has 0 N–H and O–H groups in total. The van der Waals surface area contributed by atoms with Crippen LogP contribution in [0.5, 0.6) is 0 Å². The molecule has 1 aromatic carbocycles. The lowest BCUT2D eigenvalue weighted by atomic mass is 10.2. The van der Waals surface area contributed by atoms with E-state index in [9.17, 15) is 0 Å². The maximum atomic E-state index is 2.38. The van der Waals surface area contributed by atoms with Crippen molar-refractivity contribution in [1.82, 2.24) is 0 Å². The average molecular weight is 365 g/mol. The number of thioether (sulfide) groups is 5. The molecule has 0 radical (unpaired) electrons. The molecule has 19 heavy (non-hydrogen) atoms. The third kappa shape index (κ3) is 2.94. The zero-order valence-electron chi connectivity index (χ0n) is 11.5. The van der Waals surface area contributed by atoms with Gasteiger partial charge in [-0.15, -0.1) is 70.1 Å². The van der Waals surface area contributed by atoms with Gasteiger partial charge in [0.1, 0.15) is 0 Å². The normalized spacial score (nSPS) is 11.4. The first-order valence-electron chi connectivity index (χ1n) is 5.55. The highest BCUT2D eigenvalue weighted by atomic mass is 32.2. The SMILES string of the molecule is CSc1cc2c(SC)c(SC)sc2c(SC)c1SC. The smallest absolute Gasteiger partial charge is 0.0745 e. The summed E-state index contributed by atoms with van der Waals surface area (Å²) < 4.78 is 2.91. The van der Waals surface area contributed by atoms with Gasteiger partial charge in [0.2, 0.25) is 0 Å². The molecule has 1 aromatic heterocycles. The van der Waals surface area contributed by atoms with Gasteiger partial charge in [-0.05, 0) is 37.3 Å². The van der Waals surface area contributed by atoms with Gasteiger partial charge in [0.15, 0.2) is 0 Å². The number of thiophene rings is 1. The van der Waals surface area contributed by atoms with E-state index >= 15 is 0 Å². The molecule has 0 atom stereocenters. The van der Waals surface area contributed by atoms with Crippen LogP contribution in [0.3, 0.4) is 0 Å². The minimum atomic E-state index is 1.41. The van der Waals surface area contributed by atoms with Gasteiger partial charge in [0, 0.05) is 25.0 Å². The van der Waals surface area contributed by atoms with E-state index in [2.05, 4.69) is 37.3 Å². The van der Waals surface area contributed by atoms with Gasteiger partial charge in [-0.1, -0.05) is 0 Å². The monoisotopic (exact) mass is 364 g/mol. The molecule has 2 rings (SSSR count). The first-order valence-corrected chi connectivity index (χ1v) is 12.5. The van der Waals surface area contributed by atoms with E-state index in [0.29, 0.717) is 0 Å². The minimum Gasteiger partial charge on any atom is -0.128 e. The Bertz CT molecular complexity index is 587. The van der Waals surface area contributed by atoms with Crippen LogP contribution in [0.25, 0.3) is 10.1 Å². The van der Waals surface area contributed by atoms with E-state index in [-0.39, 0.29) is 0 Å². The topological polar surface area (TPSA) is 0 Å². The Morgan fingerprint density at radius 1 is 0.737 bits per heavy atom. The van der Waals surface area contributed by atoms with Gasteiger partial charge in [-0.25, -0.2) is 0 Å². The highest BCUT2D eigenvalue weighted by Crippen LogP contribution is 2.50. The van der Waals surface area contributed by atoms with Crippen molar-refractivity contribution in [3.05, 3.63) is 6.07 Å². The number of fused-ring (bicyclic) bond motifs is 1. The predicted molar refractivity (Wildman–Crippen MR) is 101 cm³/mol. The third-order valence-corrected chi connectivity index (χ3v) is 9.03. The lowest BCUT2D eigenvalue weighted by molar-refractivity contribution is 1.17. The van der Waals surface area contributed by atoms with Crippen molar-refractivity contribution in [3.63, 3.8) is 0 Å². The van der Waals surface area contributed by atoms with Gasteiger partial charge in [-0.3, -0.25) is 0 Å². The van der Waals surface area contributed by atoms with Crippen molar-refractivity contribution < 1.29 is 0 Å². The van der Waals surface area contributed by atoms with Crippen molar-refractivity contribution in [1.29, 1.82) is 0 Å². The second-order valence-electron chi connectivity index (χ2n) is 3.65. The fourth-order valence-electron chi connectivity index (χ4n) is 1.98. The Morgan fingerprint density at radius 3 is 1.84 bits per heavy atom. The van der Waals surface area contributed by atoms with E-state index < -0.39 is 0 Å². The van der Waals surface area contributed by atoms with E-state index in [1.807, 2.05) is 70.1 Å². The van der Waals surface area contributed by atoms with Crippen LogP contribution in [0.4, 0.5) is 0 Å². The van der Waals surface area contributed by atoms with Crippen LogP contribution in [-0.2, 0) is 0 Å². The lowest BCUT2D eigenvalue weighted by Crippen LogP contribution is -1.83. The summed E-state index contributed by atoms with van der Waals surface area (Å²) in [5.74, 6) is 0. The third-order valence-electron chi connectivity index (χ3n) is 2.80. The van der Waals surface area contributed by atoms with Crippen LogP contribution >= 0.6 is 70.1 Å². The van der Waals surface area contributed by atoms with Gasteiger partial charge in [0.05, 0.1) is 8.91 Å². The molecule has 0 saturated heterocycles. The van der Waals surface area contributed by atoms with Crippen LogP contribution in [-0.4, -0.2) is 31.3 Å². The molecule has 104 valence electrons. The van der Waals surface area contributed by atoms with Crippen molar-refractivity contribution in [2.24, 2.45) is 0 Å². The molecule has 0 nitrogen and oxygen atoms in total. The Hall–Kier alpha value is 0.930. The number of benzene rings is 1. The number of hydrogen-bond donors (Lipinski definition) is 0. The average Bonchev–Trinajstić information content (AvgIpc) is 2.81. The van der Waals surface area contributed by atoms with E-state index in [4.69, 9.17) is 0 Å². The quantitative estimate of drug-likeness (QED) is 0.553. The van der Waals surface area contributed by atoms with E-state index in [1.165, 1.54) is 33.9 Å². The van der Waals surface area contributed by atoms with Crippen LogP contribution < -0.4 is 0 Å². The van der Waals surface area contributed by atoms with Crippen molar-refractivity contribution in [2.45, 2.75) is 23.8 Å². The second kappa shape index (κ2) is 7.27. The van der Waals surface area contributed by atoms with Crippen molar-refractivity contribution in [3.8, 4) is 0 Å². The fraction of sp³-hybridized carbons (Fsp3) is 0.385. The molecule has 0 aliphatic carbocycles. The van der Waals surface area contributed by atoms with Crippen LogP contribution in [0.1, 0.15) is 0 Å². The summed E-state index contributed by atoms with van der Waals surface area (Å²) in [5, 5.41) is 1.44. The molecular formula is C13H16S6. The van der Waals surface area contributed by atoms with Gasteiger partial charge in [0.25, 0.3) is 0 Å². The molecule has 0 fully saturated rings. The molecule has 1 heterocycles. The molecule has 0 bridgehead atoms. The first-order chi connectivity index (χ1) is 9.21. The highest BCUT2D eigenvalue weighted by Gasteiger charge is 2.18. The Labute approximate surface area is 140 Å². The van der Waals surface area contributed by atoms with E-state index in [1.54, 1.807) is 0 Å². The largest absolute Gasteiger partial charge is 0.128 e. The minimum absolute atomic E-state index is 1.41. The van der Waals surface area contributed by atoms with Crippen LogP contribution in [0.2, 0.25) is 0 Å². The standard InChI is InChI=1S/C13H16S6/c1-14-8-6-7-9(12(17-4)11(8)16-3)19-13(18-5)10(7)15-2/h6H,1-5H3. The van der Waals surface area contributed by atoms with Crippen molar-refractivity contribution in [2.75, 3.05) is 31.3 Å². The molecule has 0 unspecified atom stereocenters. The summed E-state index contributed by atoms with van der Waals surface area (Å²) in [7, 11) is 0. The molecule has 6 heteroatoms. The zero-order chi connectivity index (χ0) is 14.0.